The molecule has 1 amide bonds. The maximum atomic E-state index is 12.1. The van der Waals surface area contributed by atoms with Gasteiger partial charge in [0.05, 0.1) is 6.04 Å². The minimum Gasteiger partial charge on any atom is -0.352 e. The molecule has 1 aliphatic carbocycles. The summed E-state index contributed by atoms with van der Waals surface area (Å²) in [6.07, 6.45) is 6.62. The van der Waals surface area contributed by atoms with Crippen molar-refractivity contribution in [1.29, 1.82) is 0 Å². The highest BCUT2D eigenvalue weighted by Crippen LogP contribution is 2.27. The summed E-state index contributed by atoms with van der Waals surface area (Å²) in [5.41, 5.74) is 7.24. The van der Waals surface area contributed by atoms with E-state index in [1.807, 2.05) is 18.2 Å². The number of benzene rings is 1. The van der Waals surface area contributed by atoms with Crippen molar-refractivity contribution in [3.05, 3.63) is 35.9 Å². The molecule has 1 fully saturated rings. The van der Waals surface area contributed by atoms with Crippen molar-refractivity contribution < 1.29 is 4.79 Å². The molecule has 20 heavy (non-hydrogen) atoms. The summed E-state index contributed by atoms with van der Waals surface area (Å²) in [4.78, 5) is 12.1. The fraction of sp³-hybridized carbons (Fsp3) is 0.588. The molecule has 0 aliphatic heterocycles. The summed E-state index contributed by atoms with van der Waals surface area (Å²) >= 11 is 0. The van der Waals surface area contributed by atoms with Gasteiger partial charge < -0.3 is 11.1 Å². The number of hydrogen-bond donors (Lipinski definition) is 2. The first-order valence-corrected chi connectivity index (χ1v) is 7.76. The second-order valence-electron chi connectivity index (χ2n) is 5.97. The lowest BCUT2D eigenvalue weighted by Crippen LogP contribution is -2.46. The van der Waals surface area contributed by atoms with Crippen LogP contribution in [-0.2, 0) is 11.2 Å². The van der Waals surface area contributed by atoms with Gasteiger partial charge in [0.1, 0.15) is 0 Å². The van der Waals surface area contributed by atoms with Gasteiger partial charge in [-0.15, -0.1) is 0 Å². The van der Waals surface area contributed by atoms with Crippen LogP contribution in [0.15, 0.2) is 30.3 Å². The van der Waals surface area contributed by atoms with Crippen molar-refractivity contribution in [2.24, 2.45) is 11.7 Å². The molecule has 0 heterocycles. The molecule has 3 nitrogen and oxygen atoms in total. The number of carbonyl (C=O) groups is 1. The molecule has 1 aliphatic rings. The lowest BCUT2D eigenvalue weighted by atomic mass is 9.99. The number of nitrogens with one attached hydrogen (secondary N) is 1. The van der Waals surface area contributed by atoms with Crippen LogP contribution >= 0.6 is 0 Å². The molecule has 2 atom stereocenters. The average Bonchev–Trinajstić information content (AvgIpc) is 3.00. The highest BCUT2D eigenvalue weighted by molar-refractivity contribution is 5.81. The third kappa shape index (κ3) is 4.34. The van der Waals surface area contributed by atoms with E-state index in [4.69, 9.17) is 5.73 Å². The maximum Gasteiger partial charge on any atom is 0.237 e. The first-order valence-electron chi connectivity index (χ1n) is 7.76. The Kier molecular flexibility index (Phi) is 5.60. The van der Waals surface area contributed by atoms with Gasteiger partial charge in [0, 0.05) is 6.04 Å². The Balaban J connectivity index is 1.74. The molecule has 0 radical (unpaired) electrons. The molecule has 1 saturated carbocycles. The van der Waals surface area contributed by atoms with Crippen LogP contribution in [0.2, 0.25) is 0 Å². The Morgan fingerprint density at radius 2 is 1.95 bits per heavy atom. The van der Waals surface area contributed by atoms with E-state index in [0.717, 1.165) is 6.42 Å². The van der Waals surface area contributed by atoms with Crippen LogP contribution in [0, 0.1) is 5.92 Å². The third-order valence-electron chi connectivity index (χ3n) is 4.40. The van der Waals surface area contributed by atoms with Crippen LogP contribution in [0.4, 0.5) is 0 Å². The predicted octanol–water partition coefficient (Wildman–Crippen LogP) is 2.64. The van der Waals surface area contributed by atoms with E-state index < -0.39 is 6.04 Å². The van der Waals surface area contributed by atoms with Crippen LogP contribution in [0.3, 0.4) is 0 Å². The van der Waals surface area contributed by atoms with Crippen LogP contribution < -0.4 is 11.1 Å². The molecular weight excluding hydrogens is 248 g/mol. The van der Waals surface area contributed by atoms with Gasteiger partial charge in [0.15, 0.2) is 0 Å². The first-order chi connectivity index (χ1) is 9.66. The number of hydrogen-bond acceptors (Lipinski definition) is 2. The molecule has 110 valence electrons. The fourth-order valence-electron chi connectivity index (χ4n) is 3.00. The zero-order valence-electron chi connectivity index (χ0n) is 12.3. The summed E-state index contributed by atoms with van der Waals surface area (Å²) in [6.45, 7) is 2.11. The Morgan fingerprint density at radius 1 is 1.30 bits per heavy atom. The summed E-state index contributed by atoms with van der Waals surface area (Å²) in [5, 5.41) is 3.09. The number of amides is 1. The van der Waals surface area contributed by atoms with Crippen molar-refractivity contribution in [3.8, 4) is 0 Å². The van der Waals surface area contributed by atoms with Gasteiger partial charge >= 0.3 is 0 Å². The van der Waals surface area contributed by atoms with Gasteiger partial charge in [-0.3, -0.25) is 4.79 Å². The molecule has 3 N–H and O–H groups in total. The predicted molar refractivity (Wildman–Crippen MR) is 82.3 cm³/mol. The molecule has 0 aromatic heterocycles. The summed E-state index contributed by atoms with van der Waals surface area (Å²) in [5.74, 6) is 0.639. The first kappa shape index (κ1) is 15.0. The van der Waals surface area contributed by atoms with Crippen LogP contribution in [0.5, 0.6) is 0 Å². The van der Waals surface area contributed by atoms with Gasteiger partial charge in [-0.05, 0) is 44.1 Å². The highest BCUT2D eigenvalue weighted by atomic mass is 16.2. The van der Waals surface area contributed by atoms with Gasteiger partial charge in [0.25, 0.3) is 0 Å². The van der Waals surface area contributed by atoms with Gasteiger partial charge in [-0.1, -0.05) is 43.2 Å². The van der Waals surface area contributed by atoms with E-state index in [-0.39, 0.29) is 11.9 Å². The third-order valence-corrected chi connectivity index (χ3v) is 4.40. The fourth-order valence-corrected chi connectivity index (χ4v) is 3.00. The van der Waals surface area contributed by atoms with E-state index in [2.05, 4.69) is 24.4 Å². The number of nitrogens with two attached hydrogens (primary N) is 1. The molecule has 2 rings (SSSR count). The zero-order valence-corrected chi connectivity index (χ0v) is 12.3. The van der Waals surface area contributed by atoms with Crippen molar-refractivity contribution >= 4 is 5.91 Å². The second kappa shape index (κ2) is 7.44. The number of carbonyl (C=O) groups excluding carboxylic acids is 1. The van der Waals surface area contributed by atoms with Crippen molar-refractivity contribution in [2.75, 3.05) is 0 Å². The number of rotatable bonds is 6. The lowest BCUT2D eigenvalue weighted by Gasteiger charge is -2.22. The van der Waals surface area contributed by atoms with E-state index >= 15 is 0 Å². The van der Waals surface area contributed by atoms with Gasteiger partial charge in [-0.25, -0.2) is 0 Å². The Labute approximate surface area is 121 Å². The molecule has 0 saturated heterocycles. The molecule has 1 unspecified atom stereocenters. The Bertz CT molecular complexity index is 412. The monoisotopic (exact) mass is 274 g/mol. The molecule has 3 heteroatoms. The SMILES string of the molecule is C[C@H](NC(=O)C(N)CCc1ccccc1)C1CCCC1. The normalized spacial score (nSPS) is 18.7. The molecule has 0 spiro atoms. The van der Waals surface area contributed by atoms with E-state index in [9.17, 15) is 4.79 Å². The summed E-state index contributed by atoms with van der Waals surface area (Å²) < 4.78 is 0. The topological polar surface area (TPSA) is 55.1 Å². The van der Waals surface area contributed by atoms with Crippen LogP contribution in [-0.4, -0.2) is 18.0 Å². The summed E-state index contributed by atoms with van der Waals surface area (Å²) in [6, 6.07) is 10.0. The van der Waals surface area contributed by atoms with Crippen LogP contribution in [0.25, 0.3) is 0 Å². The van der Waals surface area contributed by atoms with E-state index in [1.165, 1.54) is 31.2 Å². The maximum absolute atomic E-state index is 12.1. The quantitative estimate of drug-likeness (QED) is 0.838. The Hall–Kier alpha value is -1.35. The highest BCUT2D eigenvalue weighted by Gasteiger charge is 2.24. The molecular formula is C17H26N2O. The van der Waals surface area contributed by atoms with Crippen LogP contribution in [0.1, 0.15) is 44.6 Å². The molecule has 1 aromatic rings. The smallest absolute Gasteiger partial charge is 0.237 e. The second-order valence-corrected chi connectivity index (χ2v) is 5.97. The van der Waals surface area contributed by atoms with Crippen molar-refractivity contribution in [1.82, 2.24) is 5.32 Å². The van der Waals surface area contributed by atoms with E-state index in [0.29, 0.717) is 12.3 Å². The van der Waals surface area contributed by atoms with Crippen molar-refractivity contribution in [2.45, 2.75) is 57.5 Å². The minimum absolute atomic E-state index is 0.000307. The van der Waals surface area contributed by atoms with Gasteiger partial charge in [0.2, 0.25) is 5.91 Å². The molecule has 0 bridgehead atoms. The van der Waals surface area contributed by atoms with E-state index in [1.54, 1.807) is 0 Å². The average molecular weight is 274 g/mol. The van der Waals surface area contributed by atoms with Crippen molar-refractivity contribution in [3.63, 3.8) is 0 Å². The zero-order chi connectivity index (χ0) is 14.4. The molecule has 1 aromatic carbocycles. The minimum atomic E-state index is -0.404. The standard InChI is InChI=1S/C17H26N2O/c1-13(15-9-5-6-10-15)19-17(20)16(18)12-11-14-7-3-2-4-8-14/h2-4,7-8,13,15-16H,5-6,9-12,18H2,1H3,(H,19,20)/t13-,16?/m0/s1. The Morgan fingerprint density at radius 3 is 2.60 bits per heavy atom. The largest absolute Gasteiger partial charge is 0.352 e. The number of aryl methyl sites for hydroxylation is 1. The lowest BCUT2D eigenvalue weighted by molar-refractivity contribution is -0.123. The summed E-state index contributed by atoms with van der Waals surface area (Å²) in [7, 11) is 0. The van der Waals surface area contributed by atoms with Gasteiger partial charge in [-0.2, -0.15) is 0 Å².